The third kappa shape index (κ3) is 4.74. The highest BCUT2D eigenvalue weighted by molar-refractivity contribution is 8.01. The van der Waals surface area contributed by atoms with Crippen molar-refractivity contribution in [1.82, 2.24) is 9.78 Å². The lowest BCUT2D eigenvalue weighted by atomic mass is 10.3. The van der Waals surface area contributed by atoms with Gasteiger partial charge in [-0.25, -0.2) is 9.07 Å². The van der Waals surface area contributed by atoms with Crippen LogP contribution in [0.1, 0.15) is 0 Å². The minimum absolute atomic E-state index is 0.247. The predicted octanol–water partition coefficient (Wildman–Crippen LogP) is 6.28. The maximum absolute atomic E-state index is 13.5. The zero-order chi connectivity index (χ0) is 17.8. The van der Waals surface area contributed by atoms with Crippen LogP contribution in [0.2, 0.25) is 10.0 Å². The van der Waals surface area contributed by atoms with E-state index in [1.54, 1.807) is 41.1 Å². The van der Waals surface area contributed by atoms with Gasteiger partial charge in [0.05, 0.1) is 22.3 Å². The molecule has 0 spiro atoms. The molecule has 3 nitrogen and oxygen atoms in total. The zero-order valence-electron chi connectivity index (χ0n) is 12.6. The highest BCUT2D eigenvalue weighted by Gasteiger charge is 2.09. The largest absolute Gasteiger partial charge is 0.490 e. The molecule has 0 aliphatic rings. The van der Waals surface area contributed by atoms with E-state index >= 15 is 0 Å². The van der Waals surface area contributed by atoms with Crippen LogP contribution in [-0.4, -0.2) is 22.1 Å². The summed E-state index contributed by atoms with van der Waals surface area (Å²) in [5.74, 6) is 0.502. The maximum atomic E-state index is 13.5. The Morgan fingerprint density at radius 3 is 2.76 bits per heavy atom. The second-order valence-electron chi connectivity index (χ2n) is 4.77. The Hall–Kier alpha value is -1.12. The standard InChI is InChI=1S/C16H11Cl2FN2OS3/c17-11-6-5-10(9-12(11)18)21-16(23)25-15(20-21)24-8-7-22-14-4-2-1-3-13(14)19/h1-6,9H,7-8H2. The van der Waals surface area contributed by atoms with Gasteiger partial charge in [0.25, 0.3) is 0 Å². The molecule has 25 heavy (non-hydrogen) atoms. The molecule has 0 radical (unpaired) electrons. The first-order valence-electron chi connectivity index (χ1n) is 7.10. The van der Waals surface area contributed by atoms with Crippen molar-refractivity contribution in [2.24, 2.45) is 0 Å². The van der Waals surface area contributed by atoms with E-state index in [0.29, 0.717) is 26.4 Å². The third-order valence-electron chi connectivity index (χ3n) is 3.08. The van der Waals surface area contributed by atoms with E-state index in [1.165, 1.54) is 29.2 Å². The summed E-state index contributed by atoms with van der Waals surface area (Å²) in [6.07, 6.45) is 0. The molecule has 2 aromatic carbocycles. The number of rotatable bonds is 6. The van der Waals surface area contributed by atoms with Gasteiger partial charge in [-0.3, -0.25) is 0 Å². The third-order valence-corrected chi connectivity index (χ3v) is 6.15. The monoisotopic (exact) mass is 432 g/mol. The Balaban J connectivity index is 1.62. The van der Waals surface area contributed by atoms with E-state index in [4.69, 9.17) is 40.2 Å². The van der Waals surface area contributed by atoms with Crippen molar-refractivity contribution >= 4 is 58.5 Å². The summed E-state index contributed by atoms with van der Waals surface area (Å²) >= 11 is 20.2. The van der Waals surface area contributed by atoms with Gasteiger partial charge >= 0.3 is 0 Å². The van der Waals surface area contributed by atoms with Gasteiger partial charge < -0.3 is 4.74 Å². The Labute approximate surface area is 167 Å². The van der Waals surface area contributed by atoms with E-state index in [2.05, 4.69) is 5.10 Å². The number of hydrogen-bond acceptors (Lipinski definition) is 5. The van der Waals surface area contributed by atoms with Crippen LogP contribution in [0.5, 0.6) is 5.75 Å². The number of ether oxygens (including phenoxy) is 1. The number of para-hydroxylation sites is 1. The second-order valence-corrected chi connectivity index (χ2v) is 8.55. The van der Waals surface area contributed by atoms with Crippen LogP contribution >= 0.6 is 58.5 Å². The molecule has 0 aliphatic carbocycles. The van der Waals surface area contributed by atoms with Gasteiger partial charge in [0.1, 0.15) is 0 Å². The Morgan fingerprint density at radius 2 is 2.00 bits per heavy atom. The molecule has 3 aromatic rings. The molecule has 0 bridgehead atoms. The van der Waals surface area contributed by atoms with Crippen LogP contribution in [0.25, 0.3) is 5.69 Å². The predicted molar refractivity (Wildman–Crippen MR) is 105 cm³/mol. The molecule has 0 amide bonds. The van der Waals surface area contributed by atoms with Gasteiger partial charge in [-0.1, -0.05) is 58.4 Å². The molecule has 1 heterocycles. The molecule has 1 aromatic heterocycles. The molecule has 0 aliphatic heterocycles. The summed E-state index contributed by atoms with van der Waals surface area (Å²) in [5, 5.41) is 5.40. The first-order valence-corrected chi connectivity index (χ1v) is 10.1. The zero-order valence-corrected chi connectivity index (χ0v) is 16.6. The summed E-state index contributed by atoms with van der Waals surface area (Å²) in [4.78, 5) is 0. The average molecular weight is 433 g/mol. The highest BCUT2D eigenvalue weighted by Crippen LogP contribution is 2.28. The van der Waals surface area contributed by atoms with Crippen LogP contribution in [0.15, 0.2) is 46.8 Å². The first kappa shape index (κ1) is 18.7. The SMILES string of the molecule is Fc1ccccc1OCCSc1nn(-c2ccc(Cl)c(Cl)c2)c(=S)s1. The number of thioether (sulfide) groups is 1. The van der Waals surface area contributed by atoms with Gasteiger partial charge in [-0.2, -0.15) is 0 Å². The fourth-order valence-electron chi connectivity index (χ4n) is 1.94. The van der Waals surface area contributed by atoms with E-state index in [-0.39, 0.29) is 11.6 Å². The Bertz CT molecular complexity index is 945. The van der Waals surface area contributed by atoms with Crippen molar-refractivity contribution < 1.29 is 9.13 Å². The summed E-state index contributed by atoms with van der Waals surface area (Å²) < 4.78 is 21.9. The lowest BCUT2D eigenvalue weighted by Gasteiger charge is -2.05. The van der Waals surface area contributed by atoms with Crippen LogP contribution in [0.4, 0.5) is 4.39 Å². The number of nitrogens with zero attached hydrogens (tertiary/aromatic N) is 2. The smallest absolute Gasteiger partial charge is 0.184 e. The van der Waals surface area contributed by atoms with Gasteiger partial charge in [-0.15, -0.1) is 5.10 Å². The molecule has 0 saturated carbocycles. The lowest BCUT2D eigenvalue weighted by Crippen LogP contribution is -2.02. The fraction of sp³-hybridized carbons (Fsp3) is 0.125. The van der Waals surface area contributed by atoms with Gasteiger partial charge in [0, 0.05) is 5.75 Å². The summed E-state index contributed by atoms with van der Waals surface area (Å²) in [6.45, 7) is 0.366. The molecule has 9 heteroatoms. The molecule has 0 N–H and O–H groups in total. The summed E-state index contributed by atoms with van der Waals surface area (Å²) in [7, 11) is 0. The van der Waals surface area contributed by atoms with E-state index in [9.17, 15) is 4.39 Å². The molecular formula is C16H11Cl2FN2OS3. The van der Waals surface area contributed by atoms with Crippen molar-refractivity contribution in [3.63, 3.8) is 0 Å². The lowest BCUT2D eigenvalue weighted by molar-refractivity contribution is 0.325. The molecule has 3 rings (SSSR count). The van der Waals surface area contributed by atoms with Crippen molar-refractivity contribution in [2.75, 3.05) is 12.4 Å². The number of benzene rings is 2. The van der Waals surface area contributed by atoms with Crippen molar-refractivity contribution in [3.8, 4) is 11.4 Å². The Morgan fingerprint density at radius 1 is 1.20 bits per heavy atom. The van der Waals surface area contributed by atoms with Crippen molar-refractivity contribution in [3.05, 3.63) is 62.3 Å². The van der Waals surface area contributed by atoms with Crippen molar-refractivity contribution in [2.45, 2.75) is 4.34 Å². The highest BCUT2D eigenvalue weighted by atomic mass is 35.5. The van der Waals surface area contributed by atoms with Crippen LogP contribution in [0.3, 0.4) is 0 Å². The normalized spacial score (nSPS) is 10.8. The topological polar surface area (TPSA) is 27.1 Å². The molecule has 0 fully saturated rings. The van der Waals surface area contributed by atoms with E-state index in [0.717, 1.165) is 10.0 Å². The van der Waals surface area contributed by atoms with Crippen LogP contribution in [0, 0.1) is 9.77 Å². The molecular weight excluding hydrogens is 422 g/mol. The van der Waals surface area contributed by atoms with Gasteiger partial charge in [-0.05, 0) is 42.5 Å². The average Bonchev–Trinajstić information content (AvgIpc) is 2.96. The number of aromatic nitrogens is 2. The van der Waals surface area contributed by atoms with Gasteiger partial charge in [0.2, 0.25) is 0 Å². The molecule has 130 valence electrons. The molecule has 0 unspecified atom stereocenters. The number of halogens is 3. The maximum Gasteiger partial charge on any atom is 0.184 e. The molecule has 0 atom stereocenters. The second kappa shape index (κ2) is 8.51. The van der Waals surface area contributed by atoms with Crippen molar-refractivity contribution in [1.29, 1.82) is 0 Å². The summed E-state index contributed by atoms with van der Waals surface area (Å²) in [5.41, 5.74) is 0.755. The van der Waals surface area contributed by atoms with Crippen LogP contribution < -0.4 is 4.74 Å². The molecule has 0 saturated heterocycles. The van der Waals surface area contributed by atoms with Crippen LogP contribution in [-0.2, 0) is 0 Å². The quantitative estimate of drug-likeness (QED) is 0.260. The first-order chi connectivity index (χ1) is 12.0. The summed E-state index contributed by atoms with van der Waals surface area (Å²) in [6, 6.07) is 11.6. The van der Waals surface area contributed by atoms with E-state index < -0.39 is 0 Å². The minimum Gasteiger partial charge on any atom is -0.490 e. The fourth-order valence-corrected chi connectivity index (χ4v) is 4.48. The van der Waals surface area contributed by atoms with E-state index in [1.807, 2.05) is 0 Å². The number of hydrogen-bond donors (Lipinski definition) is 0. The Kier molecular flexibility index (Phi) is 6.35. The van der Waals surface area contributed by atoms with Gasteiger partial charge in [0.15, 0.2) is 19.9 Å². The minimum atomic E-state index is -0.368.